The fourth-order valence-electron chi connectivity index (χ4n) is 1.83. The average molecular weight is 531 g/mol. The van der Waals surface area contributed by atoms with E-state index < -0.39 is 0 Å². The minimum Gasteiger partial charge on any atom is -0.343 e. The minimum absolute atomic E-state index is 0. The van der Waals surface area contributed by atoms with Gasteiger partial charge in [-0.15, -0.1) is 0 Å². The van der Waals surface area contributed by atoms with E-state index in [4.69, 9.17) is 0 Å². The Balaban J connectivity index is -0.000000116. The van der Waals surface area contributed by atoms with E-state index in [9.17, 15) is 0 Å². The molecular formula is C24H47Pt-3. The summed E-state index contributed by atoms with van der Waals surface area (Å²) in [7, 11) is 0. The van der Waals surface area contributed by atoms with Gasteiger partial charge < -0.3 is 20.8 Å². The zero-order valence-electron chi connectivity index (χ0n) is 17.9. The molecule has 1 heteroatoms. The summed E-state index contributed by atoms with van der Waals surface area (Å²) in [6, 6.07) is 0. The Bertz CT molecular complexity index is 209. The number of hydrogen-bond acceptors (Lipinski definition) is 0. The molecule has 0 aromatic rings. The van der Waals surface area contributed by atoms with Crippen LogP contribution in [0.4, 0.5) is 0 Å². The van der Waals surface area contributed by atoms with E-state index in [0.29, 0.717) is 0 Å². The molecule has 0 fully saturated rings. The topological polar surface area (TPSA) is 0 Å². The third-order valence-corrected chi connectivity index (χ3v) is 3.52. The fraction of sp³-hybridized carbons (Fsp3) is 0.708. The van der Waals surface area contributed by atoms with Gasteiger partial charge in [0.05, 0.1) is 0 Å². The molecule has 1 aliphatic rings. The van der Waals surface area contributed by atoms with Crippen molar-refractivity contribution in [3.05, 3.63) is 44.6 Å². The van der Waals surface area contributed by atoms with Crippen molar-refractivity contribution in [1.29, 1.82) is 0 Å². The smallest absolute Gasteiger partial charge is 0 e. The van der Waals surface area contributed by atoms with Gasteiger partial charge in [-0.25, -0.2) is 0 Å². The van der Waals surface area contributed by atoms with E-state index in [1.165, 1.54) is 69.8 Å². The molecule has 1 aliphatic carbocycles. The summed E-state index contributed by atoms with van der Waals surface area (Å²) in [6.45, 7) is 19.9. The first-order chi connectivity index (χ1) is 11.6. The Morgan fingerprint density at radius 3 is 1.16 bits per heavy atom. The molecule has 0 N–H and O–H groups in total. The molecule has 1 rings (SSSR count). The van der Waals surface area contributed by atoms with Gasteiger partial charge in [0.15, 0.2) is 0 Å². The summed E-state index contributed by atoms with van der Waals surface area (Å²) in [5.74, 6) is 0. The summed E-state index contributed by atoms with van der Waals surface area (Å²) in [5.41, 5.74) is 1.47. The first-order valence-electron chi connectivity index (χ1n) is 10.3. The summed E-state index contributed by atoms with van der Waals surface area (Å²) in [4.78, 5) is 0. The summed E-state index contributed by atoms with van der Waals surface area (Å²) >= 11 is 0. The zero-order chi connectivity index (χ0) is 18.9. The van der Waals surface area contributed by atoms with Crippen LogP contribution in [0.25, 0.3) is 0 Å². The van der Waals surface area contributed by atoms with E-state index in [0.717, 1.165) is 19.3 Å². The Morgan fingerprint density at radius 2 is 1.08 bits per heavy atom. The van der Waals surface area contributed by atoms with Crippen LogP contribution in [0.15, 0.2) is 23.8 Å². The third-order valence-electron chi connectivity index (χ3n) is 3.52. The maximum Gasteiger partial charge on any atom is 0 e. The summed E-state index contributed by atoms with van der Waals surface area (Å²) < 4.78 is 0. The van der Waals surface area contributed by atoms with Crippen LogP contribution < -0.4 is 0 Å². The molecular weight excluding hydrogens is 483 g/mol. The van der Waals surface area contributed by atoms with E-state index >= 15 is 0 Å². The predicted molar refractivity (Wildman–Crippen MR) is 116 cm³/mol. The molecule has 0 heterocycles. The van der Waals surface area contributed by atoms with Crippen molar-refractivity contribution >= 4 is 0 Å². The Hall–Kier alpha value is 0.168. The minimum atomic E-state index is 0. The molecule has 0 aromatic heterocycles. The third kappa shape index (κ3) is 45.4. The predicted octanol–water partition coefficient (Wildman–Crippen LogP) is 9.09. The maximum absolute atomic E-state index is 3.72. The van der Waals surface area contributed by atoms with E-state index in [2.05, 4.69) is 66.7 Å². The van der Waals surface area contributed by atoms with Gasteiger partial charge >= 0.3 is 0 Å². The van der Waals surface area contributed by atoms with Gasteiger partial charge in [-0.1, -0.05) is 102 Å². The number of unbranched alkanes of at least 4 members (excludes halogenated alkanes) is 9. The Kier molecular flexibility index (Phi) is 46.3. The molecule has 0 saturated heterocycles. The Morgan fingerprint density at radius 1 is 0.720 bits per heavy atom. The van der Waals surface area contributed by atoms with E-state index in [-0.39, 0.29) is 21.1 Å². The molecule has 0 bridgehead atoms. The van der Waals surface area contributed by atoms with Gasteiger partial charge in [-0.05, 0) is 13.3 Å². The molecule has 0 atom stereocenters. The molecule has 0 unspecified atom stereocenters. The van der Waals surface area contributed by atoms with Crippen molar-refractivity contribution in [3.8, 4) is 0 Å². The molecule has 0 aromatic carbocycles. The zero-order valence-corrected chi connectivity index (χ0v) is 20.1. The second kappa shape index (κ2) is 35.3. The van der Waals surface area contributed by atoms with Crippen molar-refractivity contribution in [1.82, 2.24) is 0 Å². The van der Waals surface area contributed by atoms with Crippen LogP contribution in [0, 0.1) is 20.8 Å². The van der Waals surface area contributed by atoms with Gasteiger partial charge in [0.1, 0.15) is 0 Å². The standard InChI is InChI=1S/C6H8.3C6H13.Pt/c1-6-4-2-3-5-6;3*1-3-5-6-4-2;/h2-4H,5H2,1H3;3*1,3-6H2,2H3;/q;3*-1;. The van der Waals surface area contributed by atoms with Crippen molar-refractivity contribution < 1.29 is 21.1 Å². The van der Waals surface area contributed by atoms with Crippen LogP contribution >= 0.6 is 0 Å². The van der Waals surface area contributed by atoms with Crippen LogP contribution in [-0.4, -0.2) is 0 Å². The normalized spacial score (nSPS) is 10.9. The van der Waals surface area contributed by atoms with Crippen LogP contribution in [0.1, 0.15) is 111 Å². The second-order valence-electron chi connectivity index (χ2n) is 6.33. The number of allylic oxidation sites excluding steroid dienone is 4. The van der Waals surface area contributed by atoms with Gasteiger partial charge in [0.25, 0.3) is 0 Å². The van der Waals surface area contributed by atoms with Crippen molar-refractivity contribution in [2.75, 3.05) is 0 Å². The van der Waals surface area contributed by atoms with Gasteiger partial charge in [-0.2, -0.15) is 19.3 Å². The second-order valence-corrected chi connectivity index (χ2v) is 6.33. The Labute approximate surface area is 176 Å². The molecule has 0 amide bonds. The average Bonchev–Trinajstić information content (AvgIpc) is 3.09. The van der Waals surface area contributed by atoms with E-state index in [1.807, 2.05) is 0 Å². The van der Waals surface area contributed by atoms with Gasteiger partial charge in [0.2, 0.25) is 0 Å². The number of rotatable bonds is 9. The maximum atomic E-state index is 3.72. The molecule has 0 spiro atoms. The van der Waals surface area contributed by atoms with Crippen LogP contribution in [-0.2, 0) is 21.1 Å². The SMILES string of the molecule is CC1=CC=CC1.[CH2-]CCCCC.[CH2-]CCCCC.[CH2-]CCCCC.[Pt]. The van der Waals surface area contributed by atoms with Crippen LogP contribution in [0.3, 0.4) is 0 Å². The summed E-state index contributed by atoms with van der Waals surface area (Å²) in [6.07, 6.45) is 22.8. The van der Waals surface area contributed by atoms with E-state index in [1.54, 1.807) is 0 Å². The van der Waals surface area contributed by atoms with Crippen molar-refractivity contribution in [2.24, 2.45) is 0 Å². The molecule has 156 valence electrons. The fourth-order valence-corrected chi connectivity index (χ4v) is 1.83. The molecule has 25 heavy (non-hydrogen) atoms. The van der Waals surface area contributed by atoms with Crippen LogP contribution in [0.2, 0.25) is 0 Å². The van der Waals surface area contributed by atoms with Crippen LogP contribution in [0.5, 0.6) is 0 Å². The summed E-state index contributed by atoms with van der Waals surface area (Å²) in [5, 5.41) is 0. The van der Waals surface area contributed by atoms with Crippen molar-refractivity contribution in [2.45, 2.75) is 111 Å². The van der Waals surface area contributed by atoms with Gasteiger partial charge in [-0.3, -0.25) is 0 Å². The first kappa shape index (κ1) is 32.8. The molecule has 0 radical (unpaired) electrons. The molecule has 0 saturated carbocycles. The first-order valence-corrected chi connectivity index (χ1v) is 10.3. The monoisotopic (exact) mass is 530 g/mol. The molecule has 0 aliphatic heterocycles. The molecule has 0 nitrogen and oxygen atoms in total. The van der Waals surface area contributed by atoms with Crippen molar-refractivity contribution in [3.63, 3.8) is 0 Å². The largest absolute Gasteiger partial charge is 0.343 e. The number of hydrogen-bond donors (Lipinski definition) is 0. The quantitative estimate of drug-likeness (QED) is 0.206. The van der Waals surface area contributed by atoms with Gasteiger partial charge in [0, 0.05) is 21.1 Å².